The summed E-state index contributed by atoms with van der Waals surface area (Å²) >= 11 is 0. The molecule has 3 rings (SSSR count). The van der Waals surface area contributed by atoms with Gasteiger partial charge < -0.3 is 15.3 Å². The Morgan fingerprint density at radius 2 is 1.96 bits per heavy atom. The van der Waals surface area contributed by atoms with E-state index in [4.69, 9.17) is 0 Å². The number of carbonyl (C=O) groups excluding carboxylic acids is 3. The number of anilines is 2. The van der Waals surface area contributed by atoms with Crippen LogP contribution in [0.2, 0.25) is 0 Å². The lowest BCUT2D eigenvalue weighted by Gasteiger charge is -2.39. The predicted octanol–water partition coefficient (Wildman–Crippen LogP) is 1.49. The number of hydrogen-bond acceptors (Lipinski definition) is 6. The van der Waals surface area contributed by atoms with E-state index >= 15 is 0 Å². The molecule has 9 heteroatoms. The van der Waals surface area contributed by atoms with Crippen LogP contribution in [0.1, 0.15) is 39.0 Å². The third kappa shape index (κ3) is 4.46. The van der Waals surface area contributed by atoms with E-state index in [1.165, 1.54) is 6.92 Å². The Morgan fingerprint density at radius 1 is 1.29 bits per heavy atom. The van der Waals surface area contributed by atoms with Gasteiger partial charge in [-0.1, -0.05) is 0 Å². The molecule has 0 aromatic heterocycles. The highest BCUT2D eigenvalue weighted by Crippen LogP contribution is 2.32. The van der Waals surface area contributed by atoms with Crippen molar-refractivity contribution < 1.29 is 28.3 Å². The van der Waals surface area contributed by atoms with Gasteiger partial charge in [0.25, 0.3) is 0 Å². The number of ketones is 1. The number of aliphatic hydroxyl groups is 1. The minimum atomic E-state index is -1.11. The summed E-state index contributed by atoms with van der Waals surface area (Å²) in [4.78, 5) is 35.9. The van der Waals surface area contributed by atoms with Crippen molar-refractivity contribution in [3.8, 4) is 0 Å². The molecule has 2 fully saturated rings. The SMILES string of the molecule is CC(=O)CC1(O)CCN(c2cc(F)c(NC3CCC(=O)NC3=O)cc2F)CC1. The van der Waals surface area contributed by atoms with Crippen LogP contribution in [0, 0.1) is 11.6 Å². The first-order valence-corrected chi connectivity index (χ1v) is 9.23. The highest BCUT2D eigenvalue weighted by atomic mass is 19.1. The van der Waals surface area contributed by atoms with Crippen molar-refractivity contribution >= 4 is 29.0 Å². The Hall–Kier alpha value is -2.55. The zero-order valence-corrected chi connectivity index (χ0v) is 15.6. The summed E-state index contributed by atoms with van der Waals surface area (Å²) in [7, 11) is 0. The largest absolute Gasteiger partial charge is 0.389 e. The molecule has 0 radical (unpaired) electrons. The molecule has 152 valence electrons. The molecule has 1 aromatic carbocycles. The van der Waals surface area contributed by atoms with Crippen molar-refractivity contribution in [2.24, 2.45) is 0 Å². The maximum atomic E-state index is 14.6. The van der Waals surface area contributed by atoms with E-state index in [1.807, 2.05) is 0 Å². The number of nitrogens with zero attached hydrogens (tertiary/aromatic N) is 1. The Labute approximate surface area is 161 Å². The van der Waals surface area contributed by atoms with E-state index in [1.54, 1.807) is 4.90 Å². The summed E-state index contributed by atoms with van der Waals surface area (Å²) in [6.07, 6.45) is 0.942. The van der Waals surface area contributed by atoms with Crippen LogP contribution in [-0.2, 0) is 14.4 Å². The first-order chi connectivity index (χ1) is 13.2. The van der Waals surface area contributed by atoms with E-state index < -0.39 is 29.2 Å². The van der Waals surface area contributed by atoms with Gasteiger partial charge in [-0.05, 0) is 26.2 Å². The normalized spacial score (nSPS) is 22.0. The molecule has 2 amide bonds. The molecule has 0 aliphatic carbocycles. The average molecular weight is 395 g/mol. The van der Waals surface area contributed by atoms with Gasteiger partial charge in [0, 0.05) is 38.1 Å². The van der Waals surface area contributed by atoms with Crippen molar-refractivity contribution in [3.05, 3.63) is 23.8 Å². The van der Waals surface area contributed by atoms with Crippen LogP contribution in [0.5, 0.6) is 0 Å². The summed E-state index contributed by atoms with van der Waals surface area (Å²) in [6.45, 7) is 1.99. The number of Topliss-reactive ketones (excluding diaryl/α,β-unsaturated/α-hetero) is 1. The van der Waals surface area contributed by atoms with Gasteiger partial charge in [0.2, 0.25) is 11.8 Å². The van der Waals surface area contributed by atoms with E-state index in [0.29, 0.717) is 13.1 Å². The standard InChI is InChI=1S/C19H23F2N3O4/c1-11(25)10-19(28)4-6-24(7-5-19)16-9-12(20)15(8-13(16)21)22-14-2-3-17(26)23-18(14)27/h8-9,14,22,28H,2-7,10H2,1H3,(H,23,26,27). The van der Waals surface area contributed by atoms with E-state index in [-0.39, 0.29) is 55.2 Å². The van der Waals surface area contributed by atoms with Gasteiger partial charge in [0.1, 0.15) is 23.5 Å². The number of imide groups is 1. The molecule has 1 unspecified atom stereocenters. The van der Waals surface area contributed by atoms with Gasteiger partial charge in [-0.3, -0.25) is 19.7 Å². The van der Waals surface area contributed by atoms with Gasteiger partial charge in [-0.2, -0.15) is 0 Å². The highest BCUT2D eigenvalue weighted by molar-refractivity contribution is 6.01. The Balaban J connectivity index is 1.70. The number of benzene rings is 1. The number of rotatable bonds is 5. The number of piperidine rings is 2. The first kappa shape index (κ1) is 20.2. The second-order valence-electron chi connectivity index (χ2n) is 7.52. The Morgan fingerprint density at radius 3 is 2.57 bits per heavy atom. The summed E-state index contributed by atoms with van der Waals surface area (Å²) in [6, 6.07) is 1.23. The van der Waals surface area contributed by atoms with Crippen molar-refractivity contribution in [1.82, 2.24) is 5.32 Å². The number of amides is 2. The Bertz CT molecular complexity index is 807. The van der Waals surface area contributed by atoms with Crippen molar-refractivity contribution in [2.75, 3.05) is 23.3 Å². The summed E-state index contributed by atoms with van der Waals surface area (Å²) in [5, 5.41) is 15.2. The lowest BCUT2D eigenvalue weighted by atomic mass is 9.86. The molecule has 28 heavy (non-hydrogen) atoms. The molecular formula is C19H23F2N3O4. The van der Waals surface area contributed by atoms with Gasteiger partial charge in [0.05, 0.1) is 17.0 Å². The minimum absolute atomic E-state index is 0.0481. The van der Waals surface area contributed by atoms with Crippen LogP contribution in [-0.4, -0.2) is 47.4 Å². The molecule has 7 nitrogen and oxygen atoms in total. The number of carbonyl (C=O) groups is 3. The van der Waals surface area contributed by atoms with E-state index in [2.05, 4.69) is 10.6 Å². The maximum Gasteiger partial charge on any atom is 0.249 e. The maximum absolute atomic E-state index is 14.6. The summed E-state index contributed by atoms with van der Waals surface area (Å²) < 4.78 is 29.1. The van der Waals surface area contributed by atoms with Crippen molar-refractivity contribution in [2.45, 2.75) is 50.7 Å². The lowest BCUT2D eigenvalue weighted by molar-refractivity contribution is -0.133. The number of halogens is 2. The lowest BCUT2D eigenvalue weighted by Crippen LogP contribution is -2.47. The zero-order valence-electron chi connectivity index (χ0n) is 15.6. The molecule has 1 aromatic rings. The van der Waals surface area contributed by atoms with E-state index in [0.717, 1.165) is 12.1 Å². The van der Waals surface area contributed by atoms with Gasteiger partial charge in [-0.25, -0.2) is 8.78 Å². The molecule has 0 spiro atoms. The first-order valence-electron chi connectivity index (χ1n) is 9.23. The van der Waals surface area contributed by atoms with Crippen LogP contribution >= 0.6 is 0 Å². The molecule has 2 saturated heterocycles. The number of nitrogens with one attached hydrogen (secondary N) is 2. The molecular weight excluding hydrogens is 372 g/mol. The fourth-order valence-corrected chi connectivity index (χ4v) is 3.71. The van der Waals surface area contributed by atoms with E-state index in [9.17, 15) is 28.3 Å². The highest BCUT2D eigenvalue weighted by Gasteiger charge is 2.34. The molecule has 2 heterocycles. The van der Waals surface area contributed by atoms with Crippen molar-refractivity contribution in [1.29, 1.82) is 0 Å². The summed E-state index contributed by atoms with van der Waals surface area (Å²) in [5.74, 6) is -2.45. The molecule has 0 saturated carbocycles. The van der Waals surface area contributed by atoms with Gasteiger partial charge in [-0.15, -0.1) is 0 Å². The number of hydrogen-bond donors (Lipinski definition) is 3. The average Bonchev–Trinajstić information content (AvgIpc) is 2.60. The third-order valence-corrected chi connectivity index (χ3v) is 5.22. The van der Waals surface area contributed by atoms with Crippen LogP contribution in [0.3, 0.4) is 0 Å². The van der Waals surface area contributed by atoms with Gasteiger partial charge in [0.15, 0.2) is 0 Å². The second-order valence-corrected chi connectivity index (χ2v) is 7.52. The smallest absolute Gasteiger partial charge is 0.249 e. The fraction of sp³-hybridized carbons (Fsp3) is 0.526. The fourth-order valence-electron chi connectivity index (χ4n) is 3.71. The summed E-state index contributed by atoms with van der Waals surface area (Å²) in [5.41, 5.74) is -1.19. The molecule has 2 aliphatic rings. The second kappa shape index (κ2) is 7.83. The van der Waals surface area contributed by atoms with Crippen LogP contribution in [0.4, 0.5) is 20.2 Å². The molecule has 1 atom stereocenters. The van der Waals surface area contributed by atoms with Crippen LogP contribution in [0.25, 0.3) is 0 Å². The Kier molecular flexibility index (Phi) is 5.64. The van der Waals surface area contributed by atoms with Gasteiger partial charge >= 0.3 is 0 Å². The zero-order chi connectivity index (χ0) is 20.5. The topological polar surface area (TPSA) is 98.7 Å². The minimum Gasteiger partial charge on any atom is -0.389 e. The third-order valence-electron chi connectivity index (χ3n) is 5.22. The van der Waals surface area contributed by atoms with Crippen LogP contribution < -0.4 is 15.5 Å². The predicted molar refractivity (Wildman–Crippen MR) is 97.8 cm³/mol. The monoisotopic (exact) mass is 395 g/mol. The molecule has 3 N–H and O–H groups in total. The quantitative estimate of drug-likeness (QED) is 0.654. The molecule has 2 aliphatic heterocycles. The molecule has 0 bridgehead atoms. The van der Waals surface area contributed by atoms with Crippen LogP contribution in [0.15, 0.2) is 12.1 Å². The van der Waals surface area contributed by atoms with Crippen molar-refractivity contribution in [3.63, 3.8) is 0 Å².